The van der Waals surface area contributed by atoms with Crippen LogP contribution in [0.4, 0.5) is 4.79 Å². The standard InChI is InChI=1S/C21H19BrN2O7/c1-4-7-30-18-12(8-13(22)10-17(18)28-2)9-15-19(25)24(21(27)23-15)11-14-5-6-16(31-14)20(26)29-3/h4-6,8-10H,1,7,11H2,2-3H3,(H,23,27). The molecule has 31 heavy (non-hydrogen) atoms. The van der Waals surface area contributed by atoms with Crippen LogP contribution in [-0.4, -0.2) is 43.6 Å². The van der Waals surface area contributed by atoms with Gasteiger partial charge in [-0.2, -0.15) is 0 Å². The maximum Gasteiger partial charge on any atom is 0.373 e. The molecule has 0 saturated carbocycles. The first kappa shape index (κ1) is 22.2. The van der Waals surface area contributed by atoms with E-state index in [9.17, 15) is 14.4 Å². The van der Waals surface area contributed by atoms with Crippen molar-refractivity contribution in [1.29, 1.82) is 0 Å². The van der Waals surface area contributed by atoms with Crippen molar-refractivity contribution in [2.45, 2.75) is 6.54 Å². The zero-order valence-corrected chi connectivity index (χ0v) is 18.4. The van der Waals surface area contributed by atoms with E-state index in [-0.39, 0.29) is 30.4 Å². The maximum absolute atomic E-state index is 12.8. The van der Waals surface area contributed by atoms with Crippen molar-refractivity contribution in [2.24, 2.45) is 0 Å². The minimum atomic E-state index is -0.653. The van der Waals surface area contributed by atoms with Crippen molar-refractivity contribution in [3.8, 4) is 11.5 Å². The van der Waals surface area contributed by atoms with Crippen LogP contribution in [0.1, 0.15) is 21.9 Å². The van der Waals surface area contributed by atoms with Gasteiger partial charge in [0, 0.05) is 10.0 Å². The zero-order valence-electron chi connectivity index (χ0n) is 16.8. The van der Waals surface area contributed by atoms with Gasteiger partial charge in [-0.3, -0.25) is 9.69 Å². The fourth-order valence-corrected chi connectivity index (χ4v) is 3.30. The van der Waals surface area contributed by atoms with Gasteiger partial charge in [-0.05, 0) is 30.3 Å². The largest absolute Gasteiger partial charge is 0.493 e. The number of amides is 3. The van der Waals surface area contributed by atoms with Gasteiger partial charge in [0.2, 0.25) is 5.76 Å². The molecule has 0 radical (unpaired) electrons. The molecule has 1 aromatic heterocycles. The number of rotatable bonds is 8. The molecule has 1 N–H and O–H groups in total. The van der Waals surface area contributed by atoms with Crippen LogP contribution in [0.5, 0.6) is 11.5 Å². The summed E-state index contributed by atoms with van der Waals surface area (Å²) >= 11 is 3.39. The van der Waals surface area contributed by atoms with Crippen LogP contribution in [0.15, 0.2) is 51.5 Å². The molecule has 1 aliphatic rings. The Morgan fingerprint density at radius 2 is 2.06 bits per heavy atom. The molecule has 1 fully saturated rings. The summed E-state index contributed by atoms with van der Waals surface area (Å²) in [6.45, 7) is 3.70. The van der Waals surface area contributed by atoms with Crippen LogP contribution in [0, 0.1) is 0 Å². The van der Waals surface area contributed by atoms with Gasteiger partial charge in [0.1, 0.15) is 18.1 Å². The van der Waals surface area contributed by atoms with E-state index in [4.69, 9.17) is 13.9 Å². The van der Waals surface area contributed by atoms with E-state index in [1.54, 1.807) is 18.2 Å². The highest BCUT2D eigenvalue weighted by atomic mass is 79.9. The van der Waals surface area contributed by atoms with E-state index in [0.29, 0.717) is 21.5 Å². The van der Waals surface area contributed by atoms with Crippen LogP contribution >= 0.6 is 15.9 Å². The lowest BCUT2D eigenvalue weighted by Gasteiger charge is -2.13. The Morgan fingerprint density at radius 3 is 2.74 bits per heavy atom. The molecular formula is C21H19BrN2O7. The first-order valence-electron chi connectivity index (χ1n) is 9.00. The van der Waals surface area contributed by atoms with Crippen LogP contribution in [0.25, 0.3) is 6.08 Å². The quantitative estimate of drug-likeness (QED) is 0.261. The van der Waals surface area contributed by atoms with Crippen molar-refractivity contribution < 1.29 is 33.0 Å². The van der Waals surface area contributed by atoms with Crippen LogP contribution in [0.3, 0.4) is 0 Å². The Hall–Kier alpha value is -3.53. The normalized spacial score (nSPS) is 14.5. The van der Waals surface area contributed by atoms with E-state index in [2.05, 4.69) is 32.6 Å². The Balaban J connectivity index is 1.88. The number of carbonyl (C=O) groups excluding carboxylic acids is 3. The number of nitrogens with zero attached hydrogens (tertiary/aromatic N) is 1. The van der Waals surface area contributed by atoms with Gasteiger partial charge in [0.05, 0.1) is 20.8 Å². The lowest BCUT2D eigenvalue weighted by atomic mass is 10.1. The molecule has 1 saturated heterocycles. The molecule has 3 rings (SSSR count). The average molecular weight is 491 g/mol. The molecule has 0 bridgehead atoms. The number of benzene rings is 1. The summed E-state index contributed by atoms with van der Waals surface area (Å²) in [6.07, 6.45) is 3.07. The number of carbonyl (C=O) groups is 3. The summed E-state index contributed by atoms with van der Waals surface area (Å²) in [6, 6.07) is 5.73. The predicted molar refractivity (Wildman–Crippen MR) is 113 cm³/mol. The smallest absolute Gasteiger partial charge is 0.373 e. The molecule has 0 spiro atoms. The van der Waals surface area contributed by atoms with Gasteiger partial charge in [0.15, 0.2) is 11.5 Å². The predicted octanol–water partition coefficient (Wildman–Crippen LogP) is 3.50. The fraction of sp³-hybridized carbons (Fsp3) is 0.190. The summed E-state index contributed by atoms with van der Waals surface area (Å²) in [5.74, 6) is -0.140. The average Bonchev–Trinajstić information content (AvgIpc) is 3.32. The molecule has 0 unspecified atom stereocenters. The van der Waals surface area contributed by atoms with Crippen LogP contribution in [0.2, 0.25) is 0 Å². The van der Waals surface area contributed by atoms with E-state index < -0.39 is 17.9 Å². The van der Waals surface area contributed by atoms with Crippen LogP contribution < -0.4 is 14.8 Å². The highest BCUT2D eigenvalue weighted by Gasteiger charge is 2.34. The molecule has 1 aromatic carbocycles. The number of urea groups is 1. The van der Waals surface area contributed by atoms with Crippen molar-refractivity contribution >= 4 is 39.9 Å². The Morgan fingerprint density at radius 1 is 1.29 bits per heavy atom. The second-order valence-electron chi connectivity index (χ2n) is 6.26. The molecule has 0 atom stereocenters. The fourth-order valence-electron chi connectivity index (χ4n) is 2.84. The van der Waals surface area contributed by atoms with E-state index in [1.165, 1.54) is 32.4 Å². The van der Waals surface area contributed by atoms with Crippen molar-refractivity contribution in [3.63, 3.8) is 0 Å². The summed E-state index contributed by atoms with van der Waals surface area (Å²) < 4.78 is 21.7. The monoisotopic (exact) mass is 490 g/mol. The second-order valence-corrected chi connectivity index (χ2v) is 7.18. The molecule has 162 valence electrons. The number of methoxy groups -OCH3 is 2. The van der Waals surface area contributed by atoms with E-state index in [0.717, 1.165) is 4.90 Å². The first-order valence-corrected chi connectivity index (χ1v) is 9.80. The maximum atomic E-state index is 12.8. The lowest BCUT2D eigenvalue weighted by Crippen LogP contribution is -2.30. The minimum Gasteiger partial charge on any atom is -0.493 e. The van der Waals surface area contributed by atoms with Gasteiger partial charge < -0.3 is 23.9 Å². The molecule has 2 heterocycles. The number of furan rings is 1. The number of hydrogen-bond acceptors (Lipinski definition) is 7. The van der Waals surface area contributed by atoms with Gasteiger partial charge in [-0.15, -0.1) is 0 Å². The van der Waals surface area contributed by atoms with Gasteiger partial charge in [0.25, 0.3) is 5.91 Å². The van der Waals surface area contributed by atoms with Gasteiger partial charge >= 0.3 is 12.0 Å². The third-order valence-corrected chi connectivity index (χ3v) is 4.70. The number of esters is 1. The summed E-state index contributed by atoms with van der Waals surface area (Å²) in [7, 11) is 2.72. The van der Waals surface area contributed by atoms with Gasteiger partial charge in [-0.1, -0.05) is 28.6 Å². The third kappa shape index (κ3) is 4.80. The Bertz CT molecular complexity index is 1070. The van der Waals surface area contributed by atoms with Crippen molar-refractivity contribution in [2.75, 3.05) is 20.8 Å². The number of halogens is 1. The number of ether oxygens (including phenoxy) is 3. The van der Waals surface area contributed by atoms with Crippen LogP contribution in [-0.2, 0) is 16.1 Å². The summed E-state index contributed by atoms with van der Waals surface area (Å²) in [4.78, 5) is 37.7. The van der Waals surface area contributed by atoms with E-state index >= 15 is 0 Å². The number of hydrogen-bond donors (Lipinski definition) is 1. The molecule has 0 aliphatic carbocycles. The second kappa shape index (κ2) is 9.52. The Labute approximate surface area is 186 Å². The molecule has 9 nitrogen and oxygen atoms in total. The minimum absolute atomic E-state index is 0.0226. The molecule has 1 aliphatic heterocycles. The SMILES string of the molecule is C=CCOc1c(C=C2NC(=O)N(Cc3ccc(C(=O)OC)o3)C2=O)cc(Br)cc1OC. The molecule has 3 amide bonds. The van der Waals surface area contributed by atoms with Gasteiger partial charge in [-0.25, -0.2) is 9.59 Å². The van der Waals surface area contributed by atoms with Crippen molar-refractivity contribution in [3.05, 3.63) is 64.2 Å². The first-order chi connectivity index (χ1) is 14.9. The third-order valence-electron chi connectivity index (χ3n) is 4.24. The number of nitrogens with one attached hydrogen (secondary N) is 1. The summed E-state index contributed by atoms with van der Waals surface area (Å²) in [5.41, 5.74) is 0.568. The highest BCUT2D eigenvalue weighted by Crippen LogP contribution is 2.36. The molecular weight excluding hydrogens is 472 g/mol. The molecule has 2 aromatic rings. The van der Waals surface area contributed by atoms with E-state index in [1.807, 2.05) is 0 Å². The number of imide groups is 1. The summed E-state index contributed by atoms with van der Waals surface area (Å²) in [5, 5.41) is 2.54. The highest BCUT2D eigenvalue weighted by molar-refractivity contribution is 9.10. The molecule has 10 heteroatoms. The van der Waals surface area contributed by atoms with Crippen molar-refractivity contribution in [1.82, 2.24) is 10.2 Å². The zero-order chi connectivity index (χ0) is 22.5. The lowest BCUT2D eigenvalue weighted by molar-refractivity contribution is -0.123. The topological polar surface area (TPSA) is 107 Å². The Kier molecular flexibility index (Phi) is 6.81.